The van der Waals surface area contributed by atoms with Crippen molar-refractivity contribution in [1.82, 2.24) is 0 Å². The fraction of sp³-hybridized carbons (Fsp3) is 0.915. The summed E-state index contributed by atoms with van der Waals surface area (Å²) in [5, 5.41) is 71.9. The second-order valence-electron chi connectivity index (χ2n) is 17.3. The molecule has 62 heavy (non-hydrogen) atoms. The van der Waals surface area contributed by atoms with E-state index in [1.54, 1.807) is 0 Å². The number of aliphatic hydroxyl groups is 7. The molecule has 2 heterocycles. The highest BCUT2D eigenvalue weighted by atomic mass is 16.7. The van der Waals surface area contributed by atoms with Gasteiger partial charge in [-0.15, -0.1) is 0 Å². The van der Waals surface area contributed by atoms with E-state index < -0.39 is 92.7 Å². The van der Waals surface area contributed by atoms with Crippen LogP contribution in [0.2, 0.25) is 0 Å². The molecule has 2 saturated heterocycles. The molecule has 4 unspecified atom stereocenters. The Hall–Kier alpha value is -1.76. The van der Waals surface area contributed by atoms with Gasteiger partial charge in [0, 0.05) is 12.8 Å². The van der Waals surface area contributed by atoms with Gasteiger partial charge in [0.15, 0.2) is 18.7 Å². The third kappa shape index (κ3) is 24.0. The van der Waals surface area contributed by atoms with Crippen LogP contribution in [0.15, 0.2) is 12.2 Å². The number of carbonyl (C=O) groups is 2. The molecule has 7 N–H and O–H groups in total. The van der Waals surface area contributed by atoms with Crippen LogP contribution in [0.4, 0.5) is 0 Å². The van der Waals surface area contributed by atoms with Crippen molar-refractivity contribution >= 4 is 11.9 Å². The molecule has 0 spiro atoms. The number of rotatable bonds is 37. The molecule has 0 saturated carbocycles. The van der Waals surface area contributed by atoms with Crippen molar-refractivity contribution in [1.29, 1.82) is 0 Å². The number of ether oxygens (including phenoxy) is 6. The fourth-order valence-corrected chi connectivity index (χ4v) is 7.68. The zero-order chi connectivity index (χ0) is 45.4. The van der Waals surface area contributed by atoms with E-state index in [9.17, 15) is 45.3 Å². The van der Waals surface area contributed by atoms with Crippen LogP contribution in [0.5, 0.6) is 0 Å². The van der Waals surface area contributed by atoms with Gasteiger partial charge in [-0.3, -0.25) is 9.59 Å². The lowest BCUT2D eigenvalue weighted by molar-refractivity contribution is -0.332. The molecule has 15 nitrogen and oxygen atoms in total. The average Bonchev–Trinajstić information content (AvgIpc) is 3.26. The Morgan fingerprint density at radius 2 is 0.919 bits per heavy atom. The molecule has 0 radical (unpaired) electrons. The van der Waals surface area contributed by atoms with Crippen molar-refractivity contribution in [2.75, 3.05) is 26.4 Å². The van der Waals surface area contributed by atoms with Gasteiger partial charge in [-0.2, -0.15) is 0 Å². The first-order valence-corrected chi connectivity index (χ1v) is 24.3. The van der Waals surface area contributed by atoms with Crippen molar-refractivity contribution in [3.63, 3.8) is 0 Å². The van der Waals surface area contributed by atoms with Crippen molar-refractivity contribution in [2.24, 2.45) is 0 Å². The lowest BCUT2D eigenvalue weighted by Gasteiger charge is -2.42. The molecule has 2 aliphatic rings. The van der Waals surface area contributed by atoms with Crippen LogP contribution < -0.4 is 0 Å². The van der Waals surface area contributed by atoms with Crippen molar-refractivity contribution in [3.05, 3.63) is 12.2 Å². The van der Waals surface area contributed by atoms with E-state index in [0.717, 1.165) is 57.8 Å². The van der Waals surface area contributed by atoms with Gasteiger partial charge in [0.05, 0.1) is 19.8 Å². The van der Waals surface area contributed by atoms with Crippen LogP contribution in [-0.2, 0) is 38.0 Å². The smallest absolute Gasteiger partial charge is 0.306 e. The van der Waals surface area contributed by atoms with Gasteiger partial charge < -0.3 is 64.2 Å². The zero-order valence-electron chi connectivity index (χ0n) is 38.1. The summed E-state index contributed by atoms with van der Waals surface area (Å²) in [5.41, 5.74) is 0. The standard InChI is InChI=1S/C47H86O15/c1-3-5-7-9-11-13-15-16-17-18-20-21-23-25-27-29-38(49)57-32-35(60-39(50)30-28-26-24-22-19-14-12-10-8-6-4-2)33-58-46-45(56)43(54)41(52)37(62-46)34-59-47-44(55)42(53)40(51)36(31-48)61-47/h16-17,35-37,40-48,51-56H,3-15,18-34H2,1-2H3/b17-16+/t35-,36-,37-,40+,41+,42?,43?,44?,45?,46-,47-/m1/s1. The third-order valence-electron chi connectivity index (χ3n) is 11.7. The van der Waals surface area contributed by atoms with Crippen LogP contribution in [0.25, 0.3) is 0 Å². The van der Waals surface area contributed by atoms with Crippen LogP contribution >= 0.6 is 0 Å². The van der Waals surface area contributed by atoms with Crippen molar-refractivity contribution in [3.8, 4) is 0 Å². The van der Waals surface area contributed by atoms with E-state index in [1.807, 2.05) is 0 Å². The molecule has 0 amide bonds. The number of esters is 2. The number of unbranched alkanes of at least 4 members (excludes halogenated alkanes) is 21. The van der Waals surface area contributed by atoms with Crippen molar-refractivity contribution in [2.45, 2.75) is 248 Å². The number of carbonyl (C=O) groups excluding carboxylic acids is 2. The molecule has 0 aliphatic carbocycles. The maximum Gasteiger partial charge on any atom is 0.306 e. The monoisotopic (exact) mass is 891 g/mol. The Morgan fingerprint density at radius 1 is 0.500 bits per heavy atom. The predicted molar refractivity (Wildman–Crippen MR) is 234 cm³/mol. The first-order valence-electron chi connectivity index (χ1n) is 24.3. The van der Waals surface area contributed by atoms with E-state index >= 15 is 0 Å². The Morgan fingerprint density at radius 3 is 1.42 bits per heavy atom. The predicted octanol–water partition coefficient (Wildman–Crippen LogP) is 5.82. The summed E-state index contributed by atoms with van der Waals surface area (Å²) in [6, 6.07) is 0. The number of hydrogen-bond acceptors (Lipinski definition) is 15. The van der Waals surface area contributed by atoms with E-state index in [0.29, 0.717) is 12.8 Å². The minimum Gasteiger partial charge on any atom is -0.462 e. The molecule has 11 atom stereocenters. The molecule has 0 aromatic rings. The van der Waals surface area contributed by atoms with E-state index in [2.05, 4.69) is 26.0 Å². The van der Waals surface area contributed by atoms with Gasteiger partial charge in [0.1, 0.15) is 55.4 Å². The molecule has 364 valence electrons. The van der Waals surface area contributed by atoms with Crippen LogP contribution in [0.1, 0.15) is 181 Å². The van der Waals surface area contributed by atoms with Crippen LogP contribution in [0.3, 0.4) is 0 Å². The summed E-state index contributed by atoms with van der Waals surface area (Å²) in [6.07, 6.45) is 15.4. The quantitative estimate of drug-likeness (QED) is 0.0221. The fourth-order valence-electron chi connectivity index (χ4n) is 7.68. The van der Waals surface area contributed by atoms with Gasteiger partial charge >= 0.3 is 11.9 Å². The average molecular weight is 891 g/mol. The summed E-state index contributed by atoms with van der Waals surface area (Å²) >= 11 is 0. The Kier molecular flexibility index (Phi) is 32.3. The molecular formula is C47H86O15. The highest BCUT2D eigenvalue weighted by Crippen LogP contribution is 2.26. The molecule has 0 aromatic carbocycles. The summed E-state index contributed by atoms with van der Waals surface area (Å²) in [5.74, 6) is -0.929. The lowest BCUT2D eigenvalue weighted by atomic mass is 9.98. The number of aliphatic hydroxyl groups excluding tert-OH is 7. The second kappa shape index (κ2) is 35.5. The second-order valence-corrected chi connectivity index (χ2v) is 17.3. The highest BCUT2D eigenvalue weighted by Gasteiger charge is 2.47. The number of allylic oxidation sites excluding steroid dienone is 2. The van der Waals surface area contributed by atoms with Gasteiger partial charge in [-0.25, -0.2) is 0 Å². The maximum atomic E-state index is 12.9. The summed E-state index contributed by atoms with van der Waals surface area (Å²) in [4.78, 5) is 25.6. The highest BCUT2D eigenvalue weighted by molar-refractivity contribution is 5.70. The van der Waals surface area contributed by atoms with E-state index in [1.165, 1.54) is 83.5 Å². The molecule has 0 bridgehead atoms. The molecular weight excluding hydrogens is 805 g/mol. The molecule has 2 fully saturated rings. The Bertz CT molecular complexity index is 1140. The SMILES string of the molecule is CCCCCCCC/C=C/CCCCCCCC(=O)OC[C@H](CO[C@@H]1O[C@H](CO[C@@H]2O[C@H](CO)[C@H](O)C(O)C2O)[C@H](O)C(O)C1O)OC(=O)CCCCCCCCCCCCC. The summed E-state index contributed by atoms with van der Waals surface area (Å²) in [7, 11) is 0. The zero-order valence-corrected chi connectivity index (χ0v) is 38.1. The minimum absolute atomic E-state index is 0.168. The third-order valence-corrected chi connectivity index (χ3v) is 11.7. The summed E-state index contributed by atoms with van der Waals surface area (Å²) in [6.45, 7) is 2.56. The topological polar surface area (TPSA) is 231 Å². The Labute approximate surface area is 371 Å². The molecule has 2 rings (SSSR count). The molecule has 15 heteroatoms. The van der Waals surface area contributed by atoms with Gasteiger partial charge in [0.2, 0.25) is 0 Å². The van der Waals surface area contributed by atoms with Gasteiger partial charge in [0.25, 0.3) is 0 Å². The van der Waals surface area contributed by atoms with Gasteiger partial charge in [-0.05, 0) is 38.5 Å². The maximum absolute atomic E-state index is 12.9. The molecule has 2 aliphatic heterocycles. The van der Waals surface area contributed by atoms with E-state index in [-0.39, 0.29) is 26.1 Å². The van der Waals surface area contributed by atoms with E-state index in [4.69, 9.17) is 28.4 Å². The largest absolute Gasteiger partial charge is 0.462 e. The van der Waals surface area contributed by atoms with Crippen LogP contribution in [0, 0.1) is 0 Å². The lowest BCUT2D eigenvalue weighted by Crippen LogP contribution is -2.61. The Balaban J connectivity index is 1.83. The summed E-state index contributed by atoms with van der Waals surface area (Å²) < 4.78 is 33.5. The first-order chi connectivity index (χ1) is 30.0. The number of hydrogen-bond donors (Lipinski definition) is 7. The normalized spacial score (nSPS) is 27.1. The van der Waals surface area contributed by atoms with Crippen LogP contribution in [-0.4, -0.2) is 142 Å². The van der Waals surface area contributed by atoms with Crippen molar-refractivity contribution < 1.29 is 73.8 Å². The van der Waals surface area contributed by atoms with Gasteiger partial charge in [-0.1, -0.05) is 142 Å². The first kappa shape index (κ1) is 56.4. The minimum atomic E-state index is -1.76. The molecule has 0 aromatic heterocycles.